The monoisotopic (exact) mass is 261 g/mol. The topological polar surface area (TPSA) is 68.1 Å². The van der Waals surface area contributed by atoms with E-state index in [1.54, 1.807) is 18.3 Å². The Morgan fingerprint density at radius 1 is 1.16 bits per heavy atom. The van der Waals surface area contributed by atoms with Crippen LogP contribution in [-0.4, -0.2) is 9.91 Å². The lowest BCUT2D eigenvalue weighted by Crippen LogP contribution is -2.12. The molecule has 0 spiro atoms. The van der Waals surface area contributed by atoms with Gasteiger partial charge in [-0.2, -0.15) is 0 Å². The lowest BCUT2D eigenvalue weighted by Gasteiger charge is -2.04. The molecule has 2 rings (SSSR count). The van der Waals surface area contributed by atoms with E-state index in [2.05, 4.69) is 10.3 Å². The molecular weight excluding hydrogens is 249 g/mol. The molecule has 0 bridgehead atoms. The number of nitro benzene ring substituents is 1. The quantitative estimate of drug-likeness (QED) is 0.663. The van der Waals surface area contributed by atoms with Gasteiger partial charge in [0.1, 0.15) is 5.82 Å². The molecule has 0 unspecified atom stereocenters. The van der Waals surface area contributed by atoms with Gasteiger partial charge >= 0.3 is 0 Å². The van der Waals surface area contributed by atoms with Crippen molar-refractivity contribution in [3.05, 3.63) is 69.8 Å². The number of non-ortho nitro benzene ring substituents is 1. The summed E-state index contributed by atoms with van der Waals surface area (Å²) in [6.07, 6.45) is 2.74. The van der Waals surface area contributed by atoms with Crippen molar-refractivity contribution in [2.75, 3.05) is 0 Å². The maximum absolute atomic E-state index is 12.9. The van der Waals surface area contributed by atoms with Crippen molar-refractivity contribution in [2.45, 2.75) is 13.1 Å². The van der Waals surface area contributed by atoms with Gasteiger partial charge in [0.15, 0.2) is 0 Å². The van der Waals surface area contributed by atoms with E-state index >= 15 is 0 Å². The fraction of sp³-hybridized carbons (Fsp3) is 0.154. The van der Waals surface area contributed by atoms with Gasteiger partial charge in [-0.1, -0.05) is 12.1 Å². The minimum Gasteiger partial charge on any atom is -0.309 e. The standard InChI is InChI=1S/C13H12FN3O2/c14-12-5-11(8-16-9-12)7-15-6-10-1-3-13(4-2-10)17(18)19/h1-5,8-9,15H,6-7H2. The lowest BCUT2D eigenvalue weighted by atomic mass is 10.2. The first-order valence-electron chi connectivity index (χ1n) is 5.68. The molecule has 0 aliphatic heterocycles. The van der Waals surface area contributed by atoms with E-state index in [9.17, 15) is 14.5 Å². The van der Waals surface area contributed by atoms with Crippen LogP contribution < -0.4 is 5.32 Å². The molecule has 0 aliphatic rings. The number of nitrogens with zero attached hydrogens (tertiary/aromatic N) is 2. The number of hydrogen-bond donors (Lipinski definition) is 1. The minimum atomic E-state index is -0.435. The Kier molecular flexibility index (Phi) is 4.15. The molecule has 6 heteroatoms. The number of nitrogens with one attached hydrogen (secondary N) is 1. The van der Waals surface area contributed by atoms with Crippen LogP contribution in [0.3, 0.4) is 0 Å². The predicted molar refractivity (Wildman–Crippen MR) is 67.8 cm³/mol. The summed E-state index contributed by atoms with van der Waals surface area (Å²) in [5.74, 6) is -0.366. The summed E-state index contributed by atoms with van der Waals surface area (Å²) in [6, 6.07) is 7.71. The Labute approximate surface area is 109 Å². The number of hydrogen-bond acceptors (Lipinski definition) is 4. The number of rotatable bonds is 5. The predicted octanol–water partition coefficient (Wildman–Crippen LogP) is 2.42. The summed E-state index contributed by atoms with van der Waals surface area (Å²) in [5, 5.41) is 13.6. The normalized spacial score (nSPS) is 10.4. The fourth-order valence-electron chi connectivity index (χ4n) is 1.64. The summed E-state index contributed by atoms with van der Waals surface area (Å²) < 4.78 is 12.9. The average molecular weight is 261 g/mol. The van der Waals surface area contributed by atoms with Crippen molar-refractivity contribution in [1.82, 2.24) is 10.3 Å². The van der Waals surface area contributed by atoms with E-state index < -0.39 is 4.92 Å². The molecule has 0 amide bonds. The van der Waals surface area contributed by atoms with E-state index in [4.69, 9.17) is 0 Å². The first-order valence-corrected chi connectivity index (χ1v) is 5.68. The molecule has 2 aromatic rings. The molecule has 0 radical (unpaired) electrons. The second-order valence-electron chi connectivity index (χ2n) is 4.04. The number of benzene rings is 1. The Bertz CT molecular complexity index is 572. The zero-order chi connectivity index (χ0) is 13.7. The molecule has 1 heterocycles. The first kappa shape index (κ1) is 13.1. The number of halogens is 1. The van der Waals surface area contributed by atoms with Crippen molar-refractivity contribution in [1.29, 1.82) is 0 Å². The maximum atomic E-state index is 12.9. The molecule has 1 aromatic carbocycles. The fourth-order valence-corrected chi connectivity index (χ4v) is 1.64. The third-order valence-electron chi connectivity index (χ3n) is 2.57. The van der Waals surface area contributed by atoms with Gasteiger partial charge in [-0.25, -0.2) is 4.39 Å². The maximum Gasteiger partial charge on any atom is 0.269 e. The van der Waals surface area contributed by atoms with Crippen LogP contribution in [0.2, 0.25) is 0 Å². The van der Waals surface area contributed by atoms with Crippen molar-refractivity contribution >= 4 is 5.69 Å². The van der Waals surface area contributed by atoms with Crippen LogP contribution in [0.25, 0.3) is 0 Å². The minimum absolute atomic E-state index is 0.0677. The number of aromatic nitrogens is 1. The van der Waals surface area contributed by atoms with Crippen LogP contribution in [0.15, 0.2) is 42.7 Å². The van der Waals surface area contributed by atoms with Gasteiger partial charge in [-0.15, -0.1) is 0 Å². The molecular formula is C13H12FN3O2. The third kappa shape index (κ3) is 3.82. The SMILES string of the molecule is O=[N+]([O-])c1ccc(CNCc2cncc(F)c2)cc1. The van der Waals surface area contributed by atoms with E-state index in [0.29, 0.717) is 13.1 Å². The number of nitro groups is 1. The molecule has 0 fully saturated rings. The van der Waals surface area contributed by atoms with Crippen LogP contribution in [-0.2, 0) is 13.1 Å². The van der Waals surface area contributed by atoms with Gasteiger partial charge < -0.3 is 5.32 Å². The summed E-state index contributed by atoms with van der Waals surface area (Å²) in [4.78, 5) is 13.8. The second kappa shape index (κ2) is 6.01. The van der Waals surface area contributed by atoms with Crippen LogP contribution in [0.1, 0.15) is 11.1 Å². The Balaban J connectivity index is 1.87. The second-order valence-corrected chi connectivity index (χ2v) is 4.04. The molecule has 0 saturated heterocycles. The highest BCUT2D eigenvalue weighted by Crippen LogP contribution is 2.11. The largest absolute Gasteiger partial charge is 0.309 e. The molecule has 5 nitrogen and oxygen atoms in total. The van der Waals surface area contributed by atoms with Crippen molar-refractivity contribution in [3.8, 4) is 0 Å². The number of pyridine rings is 1. The zero-order valence-electron chi connectivity index (χ0n) is 10.0. The van der Waals surface area contributed by atoms with Crippen molar-refractivity contribution < 1.29 is 9.31 Å². The molecule has 1 N–H and O–H groups in total. The van der Waals surface area contributed by atoms with Gasteiger partial charge in [0.05, 0.1) is 11.1 Å². The summed E-state index contributed by atoms with van der Waals surface area (Å²) >= 11 is 0. The Hall–Kier alpha value is -2.34. The van der Waals surface area contributed by atoms with Crippen LogP contribution in [0, 0.1) is 15.9 Å². The molecule has 1 aromatic heterocycles. The average Bonchev–Trinajstić information content (AvgIpc) is 2.39. The van der Waals surface area contributed by atoms with E-state index in [1.807, 2.05) is 0 Å². The van der Waals surface area contributed by atoms with Crippen molar-refractivity contribution in [3.63, 3.8) is 0 Å². The smallest absolute Gasteiger partial charge is 0.269 e. The zero-order valence-corrected chi connectivity index (χ0v) is 10.0. The van der Waals surface area contributed by atoms with E-state index in [-0.39, 0.29) is 11.5 Å². The summed E-state index contributed by atoms with van der Waals surface area (Å²) in [7, 11) is 0. The van der Waals surface area contributed by atoms with E-state index in [1.165, 1.54) is 18.2 Å². The molecule has 98 valence electrons. The van der Waals surface area contributed by atoms with Gasteiger partial charge in [0, 0.05) is 31.4 Å². The van der Waals surface area contributed by atoms with Gasteiger partial charge in [-0.05, 0) is 17.2 Å². The highest BCUT2D eigenvalue weighted by molar-refractivity contribution is 5.32. The van der Waals surface area contributed by atoms with Gasteiger partial charge in [-0.3, -0.25) is 15.1 Å². The Morgan fingerprint density at radius 3 is 2.47 bits per heavy atom. The van der Waals surface area contributed by atoms with Crippen LogP contribution >= 0.6 is 0 Å². The Morgan fingerprint density at radius 2 is 1.84 bits per heavy atom. The molecule has 0 atom stereocenters. The summed E-state index contributed by atoms with van der Waals surface area (Å²) in [6.45, 7) is 1.04. The first-order chi connectivity index (χ1) is 9.15. The van der Waals surface area contributed by atoms with Gasteiger partial charge in [0.2, 0.25) is 0 Å². The van der Waals surface area contributed by atoms with Crippen molar-refractivity contribution in [2.24, 2.45) is 0 Å². The van der Waals surface area contributed by atoms with Gasteiger partial charge in [0.25, 0.3) is 5.69 Å². The molecule has 0 saturated carbocycles. The summed E-state index contributed by atoms with van der Waals surface area (Å²) in [5.41, 5.74) is 1.75. The molecule has 0 aliphatic carbocycles. The van der Waals surface area contributed by atoms with E-state index in [0.717, 1.165) is 17.3 Å². The lowest BCUT2D eigenvalue weighted by molar-refractivity contribution is -0.384. The highest BCUT2D eigenvalue weighted by Gasteiger charge is 2.03. The highest BCUT2D eigenvalue weighted by atomic mass is 19.1. The van der Waals surface area contributed by atoms with Crippen LogP contribution in [0.4, 0.5) is 10.1 Å². The third-order valence-corrected chi connectivity index (χ3v) is 2.57. The van der Waals surface area contributed by atoms with Crippen LogP contribution in [0.5, 0.6) is 0 Å². The molecule has 19 heavy (non-hydrogen) atoms.